The maximum Gasteiger partial charge on any atom is 0.140 e. The predicted molar refractivity (Wildman–Crippen MR) is 66.7 cm³/mol. The van der Waals surface area contributed by atoms with Gasteiger partial charge < -0.3 is 0 Å². The lowest BCUT2D eigenvalue weighted by molar-refractivity contribution is -0.123. The standard InChI is InChI=1S/C14H16ClFO/c15-12-7-6-11(13(16)9-12)8-14(17)10-4-2-1-3-5-10/h6-7,9-10H,1-5,8H2. The molecule has 1 nitrogen and oxygen atoms in total. The molecule has 0 saturated heterocycles. The average Bonchev–Trinajstić information content (AvgIpc) is 2.34. The van der Waals surface area contributed by atoms with Gasteiger partial charge in [0.2, 0.25) is 0 Å². The van der Waals surface area contributed by atoms with E-state index in [-0.39, 0.29) is 23.9 Å². The van der Waals surface area contributed by atoms with Crippen LogP contribution in [0.15, 0.2) is 18.2 Å². The fourth-order valence-corrected chi connectivity index (χ4v) is 2.58. The highest BCUT2D eigenvalue weighted by atomic mass is 35.5. The van der Waals surface area contributed by atoms with E-state index < -0.39 is 0 Å². The van der Waals surface area contributed by atoms with Gasteiger partial charge in [0, 0.05) is 17.4 Å². The number of carbonyl (C=O) groups excluding carboxylic acids is 1. The van der Waals surface area contributed by atoms with Crippen molar-refractivity contribution in [3.05, 3.63) is 34.6 Å². The van der Waals surface area contributed by atoms with Crippen LogP contribution >= 0.6 is 11.6 Å². The third kappa shape index (κ3) is 3.29. The highest BCUT2D eigenvalue weighted by Crippen LogP contribution is 2.26. The molecule has 17 heavy (non-hydrogen) atoms. The molecule has 0 unspecified atom stereocenters. The summed E-state index contributed by atoms with van der Waals surface area (Å²) in [6.07, 6.45) is 5.61. The van der Waals surface area contributed by atoms with Gasteiger partial charge in [0.1, 0.15) is 11.6 Å². The topological polar surface area (TPSA) is 17.1 Å². The number of Topliss-reactive ketones (excluding diaryl/α,β-unsaturated/α-hetero) is 1. The Bertz CT molecular complexity index is 411. The van der Waals surface area contributed by atoms with Gasteiger partial charge in [-0.2, -0.15) is 0 Å². The smallest absolute Gasteiger partial charge is 0.140 e. The molecule has 92 valence electrons. The van der Waals surface area contributed by atoms with E-state index in [1.807, 2.05) is 0 Å². The second-order valence-electron chi connectivity index (χ2n) is 4.71. The molecule has 1 saturated carbocycles. The van der Waals surface area contributed by atoms with Crippen LogP contribution in [0.5, 0.6) is 0 Å². The maximum absolute atomic E-state index is 13.5. The van der Waals surface area contributed by atoms with Crippen molar-refractivity contribution in [3.8, 4) is 0 Å². The van der Waals surface area contributed by atoms with Gasteiger partial charge in [0.15, 0.2) is 0 Å². The zero-order chi connectivity index (χ0) is 12.3. The number of benzene rings is 1. The van der Waals surface area contributed by atoms with Crippen molar-refractivity contribution >= 4 is 17.4 Å². The Morgan fingerprint density at radius 3 is 2.65 bits per heavy atom. The molecule has 2 rings (SSSR count). The van der Waals surface area contributed by atoms with Gasteiger partial charge in [-0.25, -0.2) is 4.39 Å². The van der Waals surface area contributed by atoms with Gasteiger partial charge in [-0.1, -0.05) is 36.9 Å². The summed E-state index contributed by atoms with van der Waals surface area (Å²) in [7, 11) is 0. The summed E-state index contributed by atoms with van der Waals surface area (Å²) < 4.78 is 13.5. The second-order valence-corrected chi connectivity index (χ2v) is 5.15. The molecule has 0 N–H and O–H groups in total. The Kier molecular flexibility index (Phi) is 4.16. The summed E-state index contributed by atoms with van der Waals surface area (Å²) in [6.45, 7) is 0. The Labute approximate surface area is 106 Å². The Hall–Kier alpha value is -0.890. The van der Waals surface area contributed by atoms with E-state index in [9.17, 15) is 9.18 Å². The molecule has 0 heterocycles. The van der Waals surface area contributed by atoms with Crippen molar-refractivity contribution < 1.29 is 9.18 Å². The van der Waals surface area contributed by atoms with Crippen LogP contribution < -0.4 is 0 Å². The Morgan fingerprint density at radius 1 is 1.29 bits per heavy atom. The lowest BCUT2D eigenvalue weighted by atomic mass is 9.84. The molecule has 1 aliphatic carbocycles. The van der Waals surface area contributed by atoms with E-state index in [1.54, 1.807) is 12.1 Å². The highest BCUT2D eigenvalue weighted by Gasteiger charge is 2.21. The number of halogens is 2. The Balaban J connectivity index is 2.02. The zero-order valence-corrected chi connectivity index (χ0v) is 10.5. The van der Waals surface area contributed by atoms with Crippen LogP contribution in [0.25, 0.3) is 0 Å². The van der Waals surface area contributed by atoms with E-state index in [4.69, 9.17) is 11.6 Å². The van der Waals surface area contributed by atoms with Crippen molar-refractivity contribution in [2.75, 3.05) is 0 Å². The summed E-state index contributed by atoms with van der Waals surface area (Å²) in [5, 5.41) is 0.372. The third-order valence-corrected chi connectivity index (χ3v) is 3.68. The molecule has 1 aromatic rings. The highest BCUT2D eigenvalue weighted by molar-refractivity contribution is 6.30. The van der Waals surface area contributed by atoms with Crippen LogP contribution in [0.1, 0.15) is 37.7 Å². The minimum absolute atomic E-state index is 0.138. The first-order valence-corrected chi connectivity index (χ1v) is 6.51. The first kappa shape index (κ1) is 12.6. The monoisotopic (exact) mass is 254 g/mol. The van der Waals surface area contributed by atoms with Gasteiger partial charge in [-0.3, -0.25) is 4.79 Å². The molecule has 0 radical (unpaired) electrons. The van der Waals surface area contributed by atoms with Gasteiger partial charge in [0.05, 0.1) is 0 Å². The number of carbonyl (C=O) groups is 1. The molecule has 3 heteroatoms. The number of hydrogen-bond acceptors (Lipinski definition) is 1. The molecule has 0 atom stereocenters. The maximum atomic E-state index is 13.5. The van der Waals surface area contributed by atoms with Gasteiger partial charge >= 0.3 is 0 Å². The van der Waals surface area contributed by atoms with Crippen molar-refractivity contribution in [1.82, 2.24) is 0 Å². The predicted octanol–water partition coefficient (Wildman–Crippen LogP) is 4.17. The second kappa shape index (κ2) is 5.63. The minimum Gasteiger partial charge on any atom is -0.299 e. The van der Waals surface area contributed by atoms with Crippen LogP contribution in [-0.4, -0.2) is 5.78 Å². The Morgan fingerprint density at radius 2 is 2.00 bits per heavy atom. The largest absolute Gasteiger partial charge is 0.299 e. The molecule has 1 aromatic carbocycles. The molecule has 0 aromatic heterocycles. The fraction of sp³-hybridized carbons (Fsp3) is 0.500. The van der Waals surface area contributed by atoms with Crippen LogP contribution in [-0.2, 0) is 11.2 Å². The van der Waals surface area contributed by atoms with Crippen molar-refractivity contribution in [2.45, 2.75) is 38.5 Å². The molecule has 0 bridgehead atoms. The third-order valence-electron chi connectivity index (χ3n) is 3.44. The lowest BCUT2D eigenvalue weighted by Gasteiger charge is -2.20. The SMILES string of the molecule is O=C(Cc1ccc(Cl)cc1F)C1CCCCC1. The van der Waals surface area contributed by atoms with Gasteiger partial charge in [0.25, 0.3) is 0 Å². The van der Waals surface area contributed by atoms with Crippen LogP contribution in [0.4, 0.5) is 4.39 Å². The van der Waals surface area contributed by atoms with Crippen molar-refractivity contribution in [2.24, 2.45) is 5.92 Å². The summed E-state index contributed by atoms with van der Waals surface area (Å²) in [5.74, 6) is -0.0635. The molecule has 0 amide bonds. The molecule has 1 fully saturated rings. The van der Waals surface area contributed by atoms with E-state index in [1.165, 1.54) is 12.5 Å². The van der Waals surface area contributed by atoms with E-state index >= 15 is 0 Å². The van der Waals surface area contributed by atoms with Crippen molar-refractivity contribution in [3.63, 3.8) is 0 Å². The van der Waals surface area contributed by atoms with Crippen LogP contribution in [0.3, 0.4) is 0 Å². The lowest BCUT2D eigenvalue weighted by Crippen LogP contribution is -2.20. The van der Waals surface area contributed by atoms with Crippen LogP contribution in [0, 0.1) is 11.7 Å². The first-order chi connectivity index (χ1) is 8.16. The molecular formula is C14H16ClFO. The number of rotatable bonds is 3. The molecule has 1 aliphatic rings. The van der Waals surface area contributed by atoms with E-state index in [2.05, 4.69) is 0 Å². The average molecular weight is 255 g/mol. The summed E-state index contributed by atoms with van der Waals surface area (Å²) in [6, 6.07) is 4.51. The zero-order valence-electron chi connectivity index (χ0n) is 9.72. The molecule has 0 aliphatic heterocycles. The molecular weight excluding hydrogens is 239 g/mol. The normalized spacial score (nSPS) is 17.1. The first-order valence-electron chi connectivity index (χ1n) is 6.13. The number of ketones is 1. The van der Waals surface area contributed by atoms with Crippen LogP contribution in [0.2, 0.25) is 5.02 Å². The van der Waals surface area contributed by atoms with Gasteiger partial charge in [-0.05, 0) is 30.5 Å². The fourth-order valence-electron chi connectivity index (χ4n) is 2.42. The van der Waals surface area contributed by atoms with Gasteiger partial charge in [-0.15, -0.1) is 0 Å². The van der Waals surface area contributed by atoms with Crippen molar-refractivity contribution in [1.29, 1.82) is 0 Å². The molecule has 0 spiro atoms. The minimum atomic E-state index is -0.373. The van der Waals surface area contributed by atoms with E-state index in [0.29, 0.717) is 10.6 Å². The summed E-state index contributed by atoms with van der Waals surface area (Å²) in [5.41, 5.74) is 0.463. The van der Waals surface area contributed by atoms with E-state index in [0.717, 1.165) is 25.7 Å². The summed E-state index contributed by atoms with van der Waals surface area (Å²) >= 11 is 5.68. The number of hydrogen-bond donors (Lipinski definition) is 0. The quantitative estimate of drug-likeness (QED) is 0.791. The summed E-state index contributed by atoms with van der Waals surface area (Å²) in [4.78, 5) is 12.0.